The van der Waals surface area contributed by atoms with Crippen molar-refractivity contribution in [3.05, 3.63) is 47.3 Å². The molecule has 0 radical (unpaired) electrons. The maximum Gasteiger partial charge on any atom is 0.419 e. The Morgan fingerprint density at radius 1 is 1.05 bits per heavy atom. The molecular weight excluding hydrogens is 485 g/mol. The number of alkyl halides is 3. The molecule has 2 fully saturated rings. The van der Waals surface area contributed by atoms with E-state index in [0.717, 1.165) is 45.0 Å². The smallest absolute Gasteiger partial charge is 0.353 e. The summed E-state index contributed by atoms with van der Waals surface area (Å²) in [4.78, 5) is 36.5. The molecule has 1 aromatic carbocycles. The standard InChI is InChI=1S/C26H33F3N6O2/c1-17(36)31-22-6-4-3-5-19(22)15-23-21(26(27,28)29)16-30-25(33-23)32-20-9-7-18(8-10-20)24(37)35-13-11-34(2)12-14-35/h7-10,16,19,22H,3-6,11-15H2,1-2H3,(H,31,36)(H,30,32,33)/t19-,22-/m0/s1. The van der Waals surface area contributed by atoms with Crippen LogP contribution in [0.25, 0.3) is 0 Å². The molecule has 1 saturated heterocycles. The summed E-state index contributed by atoms with van der Waals surface area (Å²) in [5, 5.41) is 5.86. The molecule has 8 nitrogen and oxygen atoms in total. The Bertz CT molecular complexity index is 1100. The van der Waals surface area contributed by atoms with Crippen molar-refractivity contribution in [2.24, 2.45) is 5.92 Å². The average molecular weight is 519 g/mol. The zero-order valence-corrected chi connectivity index (χ0v) is 21.1. The van der Waals surface area contributed by atoms with Crippen LogP contribution in [0.5, 0.6) is 0 Å². The summed E-state index contributed by atoms with van der Waals surface area (Å²) < 4.78 is 41.3. The van der Waals surface area contributed by atoms with Crippen LogP contribution in [0.4, 0.5) is 24.8 Å². The highest BCUT2D eigenvalue weighted by Crippen LogP contribution is 2.35. The third kappa shape index (κ3) is 6.97. The zero-order chi connectivity index (χ0) is 26.6. The topological polar surface area (TPSA) is 90.5 Å². The fourth-order valence-electron chi connectivity index (χ4n) is 5.04. The molecule has 4 rings (SSSR count). The van der Waals surface area contributed by atoms with Crippen LogP contribution in [0, 0.1) is 5.92 Å². The van der Waals surface area contributed by atoms with E-state index in [1.807, 2.05) is 11.9 Å². The van der Waals surface area contributed by atoms with Crippen molar-refractivity contribution >= 4 is 23.5 Å². The second-order valence-corrected chi connectivity index (χ2v) is 9.91. The summed E-state index contributed by atoms with van der Waals surface area (Å²) in [5.41, 5.74) is 0.160. The van der Waals surface area contributed by atoms with Gasteiger partial charge in [0.15, 0.2) is 0 Å². The molecule has 2 heterocycles. The summed E-state index contributed by atoms with van der Waals surface area (Å²) in [6.45, 7) is 4.41. The van der Waals surface area contributed by atoms with E-state index in [4.69, 9.17) is 0 Å². The summed E-state index contributed by atoms with van der Waals surface area (Å²) in [7, 11) is 2.02. The first-order valence-electron chi connectivity index (χ1n) is 12.7. The van der Waals surface area contributed by atoms with E-state index in [9.17, 15) is 22.8 Å². The number of anilines is 2. The molecule has 0 bridgehead atoms. The van der Waals surface area contributed by atoms with Gasteiger partial charge in [-0.1, -0.05) is 12.8 Å². The number of carbonyl (C=O) groups excluding carboxylic acids is 2. The van der Waals surface area contributed by atoms with Gasteiger partial charge in [-0.15, -0.1) is 0 Å². The van der Waals surface area contributed by atoms with Crippen molar-refractivity contribution < 1.29 is 22.8 Å². The van der Waals surface area contributed by atoms with Gasteiger partial charge in [-0.05, 0) is 56.5 Å². The van der Waals surface area contributed by atoms with Gasteiger partial charge in [0.1, 0.15) is 0 Å². The molecule has 1 saturated carbocycles. The molecule has 2 aromatic rings. The SMILES string of the molecule is CC(=O)N[C@H]1CCCC[C@H]1Cc1nc(Nc2ccc(C(=O)N3CCN(C)CC3)cc2)ncc1C(F)(F)F. The third-order valence-electron chi connectivity index (χ3n) is 7.10. The van der Waals surface area contributed by atoms with Gasteiger partial charge in [-0.3, -0.25) is 9.59 Å². The number of halogens is 3. The lowest BCUT2D eigenvalue weighted by molar-refractivity contribution is -0.139. The average Bonchev–Trinajstić information content (AvgIpc) is 2.85. The van der Waals surface area contributed by atoms with Gasteiger partial charge in [0.2, 0.25) is 11.9 Å². The predicted octanol–water partition coefficient (Wildman–Crippen LogP) is 3.86. The first-order chi connectivity index (χ1) is 17.6. The summed E-state index contributed by atoms with van der Waals surface area (Å²) in [6, 6.07) is 6.59. The van der Waals surface area contributed by atoms with E-state index in [1.54, 1.807) is 24.3 Å². The molecule has 1 aliphatic heterocycles. The number of rotatable bonds is 6. The fourth-order valence-corrected chi connectivity index (χ4v) is 5.04. The maximum absolute atomic E-state index is 13.8. The monoisotopic (exact) mass is 518 g/mol. The van der Waals surface area contributed by atoms with E-state index in [2.05, 4.69) is 25.5 Å². The van der Waals surface area contributed by atoms with Gasteiger partial charge < -0.3 is 20.4 Å². The van der Waals surface area contributed by atoms with Crippen molar-refractivity contribution in [1.82, 2.24) is 25.1 Å². The molecule has 2 aliphatic rings. The Kier molecular flexibility index (Phi) is 8.31. The Labute approximate surface area is 214 Å². The van der Waals surface area contributed by atoms with Crippen LogP contribution < -0.4 is 10.6 Å². The van der Waals surface area contributed by atoms with Gasteiger partial charge in [0, 0.05) is 56.6 Å². The van der Waals surface area contributed by atoms with Crippen molar-refractivity contribution in [3.8, 4) is 0 Å². The van der Waals surface area contributed by atoms with Crippen molar-refractivity contribution in [2.45, 2.75) is 51.2 Å². The van der Waals surface area contributed by atoms with Crippen LogP contribution in [-0.2, 0) is 17.4 Å². The van der Waals surface area contributed by atoms with Crippen LogP contribution in [0.3, 0.4) is 0 Å². The first-order valence-corrected chi connectivity index (χ1v) is 12.7. The van der Waals surface area contributed by atoms with Crippen molar-refractivity contribution in [2.75, 3.05) is 38.5 Å². The minimum atomic E-state index is -4.59. The van der Waals surface area contributed by atoms with Gasteiger partial charge >= 0.3 is 6.18 Å². The molecule has 11 heteroatoms. The molecule has 0 unspecified atom stereocenters. The second kappa shape index (κ2) is 11.5. The van der Waals surface area contributed by atoms with E-state index in [-0.39, 0.29) is 41.8 Å². The van der Waals surface area contributed by atoms with Crippen molar-refractivity contribution in [1.29, 1.82) is 0 Å². The number of benzene rings is 1. The van der Waals surface area contributed by atoms with Crippen LogP contribution >= 0.6 is 0 Å². The lowest BCUT2D eigenvalue weighted by Crippen LogP contribution is -2.47. The Balaban J connectivity index is 1.49. The number of hydrogen-bond acceptors (Lipinski definition) is 6. The Morgan fingerprint density at radius 2 is 1.73 bits per heavy atom. The summed E-state index contributed by atoms with van der Waals surface area (Å²) in [5.74, 6) is -0.323. The number of aromatic nitrogens is 2. The number of nitrogens with zero attached hydrogens (tertiary/aromatic N) is 4. The van der Waals surface area contributed by atoms with Gasteiger partial charge in [0.25, 0.3) is 5.91 Å². The minimum absolute atomic E-state index is 0.0473. The largest absolute Gasteiger partial charge is 0.419 e. The number of hydrogen-bond donors (Lipinski definition) is 2. The highest BCUT2D eigenvalue weighted by Gasteiger charge is 2.37. The quantitative estimate of drug-likeness (QED) is 0.604. The van der Waals surface area contributed by atoms with Crippen LogP contribution in [0.1, 0.15) is 54.2 Å². The second-order valence-electron chi connectivity index (χ2n) is 9.91. The molecule has 0 spiro atoms. The highest BCUT2D eigenvalue weighted by atomic mass is 19.4. The number of carbonyl (C=O) groups is 2. The van der Waals surface area contributed by atoms with E-state index in [1.165, 1.54) is 6.92 Å². The van der Waals surface area contributed by atoms with E-state index < -0.39 is 11.7 Å². The first kappa shape index (κ1) is 26.8. The van der Waals surface area contributed by atoms with Crippen LogP contribution in [0.15, 0.2) is 30.5 Å². The number of nitrogens with one attached hydrogen (secondary N) is 2. The predicted molar refractivity (Wildman–Crippen MR) is 133 cm³/mol. The lowest BCUT2D eigenvalue weighted by Gasteiger charge is -2.32. The Hall–Kier alpha value is -3.21. The fraction of sp³-hybridized carbons (Fsp3) is 0.538. The van der Waals surface area contributed by atoms with E-state index >= 15 is 0 Å². The van der Waals surface area contributed by atoms with Crippen molar-refractivity contribution in [3.63, 3.8) is 0 Å². The number of amides is 2. The molecule has 1 aliphatic carbocycles. The number of likely N-dealkylation sites (N-methyl/N-ethyl adjacent to an activating group) is 1. The highest BCUT2D eigenvalue weighted by molar-refractivity contribution is 5.94. The molecule has 2 amide bonds. The molecule has 2 N–H and O–H groups in total. The molecule has 200 valence electrons. The molecule has 37 heavy (non-hydrogen) atoms. The van der Waals surface area contributed by atoms with E-state index in [0.29, 0.717) is 24.3 Å². The van der Waals surface area contributed by atoms with Crippen LogP contribution in [0.2, 0.25) is 0 Å². The Morgan fingerprint density at radius 3 is 2.38 bits per heavy atom. The minimum Gasteiger partial charge on any atom is -0.353 e. The zero-order valence-electron chi connectivity index (χ0n) is 21.1. The molecule has 2 atom stereocenters. The van der Waals surface area contributed by atoms with Gasteiger partial charge in [-0.2, -0.15) is 13.2 Å². The molecular formula is C26H33F3N6O2. The summed E-state index contributed by atoms with van der Waals surface area (Å²) in [6.07, 6.45) is -0.396. The van der Waals surface area contributed by atoms with Crippen LogP contribution in [-0.4, -0.2) is 70.9 Å². The third-order valence-corrected chi connectivity index (χ3v) is 7.10. The number of piperazine rings is 1. The molecule has 1 aromatic heterocycles. The normalized spacial score (nSPS) is 20.9. The van der Waals surface area contributed by atoms with Gasteiger partial charge in [-0.25, -0.2) is 9.97 Å². The summed E-state index contributed by atoms with van der Waals surface area (Å²) >= 11 is 0. The van der Waals surface area contributed by atoms with Gasteiger partial charge in [0.05, 0.1) is 11.3 Å². The maximum atomic E-state index is 13.8. The lowest BCUT2D eigenvalue weighted by atomic mass is 9.81.